The van der Waals surface area contributed by atoms with Crippen LogP contribution in [0.5, 0.6) is 0 Å². The molecule has 0 aromatic carbocycles. The second-order valence-electron chi connectivity index (χ2n) is 3.78. The van der Waals surface area contributed by atoms with E-state index in [0.717, 1.165) is 16.3 Å². The lowest BCUT2D eigenvalue weighted by atomic mass is 10.3. The molecule has 0 saturated heterocycles. The number of primary amides is 1. The second kappa shape index (κ2) is 4.02. The van der Waals surface area contributed by atoms with Crippen molar-refractivity contribution in [1.29, 1.82) is 0 Å². The number of fused-ring (bicyclic) bond motifs is 1. The summed E-state index contributed by atoms with van der Waals surface area (Å²) in [7, 11) is 0. The maximum Gasteiger partial charge on any atom is 0.286 e. The van der Waals surface area contributed by atoms with Crippen LogP contribution in [-0.4, -0.2) is 30.5 Å². The highest BCUT2D eigenvalue weighted by molar-refractivity contribution is 5.92. The average Bonchev–Trinajstić information content (AvgIpc) is 2.85. The topological polar surface area (TPSA) is 119 Å². The molecule has 3 aromatic heterocycles. The molecular formula is C11H8N6O2. The van der Waals surface area contributed by atoms with Crippen LogP contribution in [0.15, 0.2) is 35.5 Å². The molecule has 3 heterocycles. The van der Waals surface area contributed by atoms with Crippen LogP contribution in [0.4, 0.5) is 0 Å². The summed E-state index contributed by atoms with van der Waals surface area (Å²) in [5.41, 5.74) is 5.07. The van der Waals surface area contributed by atoms with E-state index in [1.54, 1.807) is 24.5 Å². The summed E-state index contributed by atoms with van der Waals surface area (Å²) < 4.78 is 1.08. The summed E-state index contributed by atoms with van der Waals surface area (Å²) in [6, 6.07) is 3.47. The molecule has 19 heavy (non-hydrogen) atoms. The van der Waals surface area contributed by atoms with Crippen molar-refractivity contribution in [2.24, 2.45) is 5.73 Å². The van der Waals surface area contributed by atoms with Crippen LogP contribution in [0.2, 0.25) is 0 Å². The third-order valence-electron chi connectivity index (χ3n) is 2.59. The van der Waals surface area contributed by atoms with Gasteiger partial charge in [0.15, 0.2) is 5.82 Å². The van der Waals surface area contributed by atoms with Gasteiger partial charge in [-0.1, -0.05) is 0 Å². The number of aromatic amines is 1. The maximum atomic E-state index is 12.0. The minimum Gasteiger partial charge on any atom is -0.365 e. The van der Waals surface area contributed by atoms with Gasteiger partial charge in [0.05, 0.1) is 0 Å². The highest BCUT2D eigenvalue weighted by atomic mass is 16.2. The van der Waals surface area contributed by atoms with Gasteiger partial charge in [0, 0.05) is 24.2 Å². The third kappa shape index (κ3) is 1.75. The Hall–Kier alpha value is -3.03. The van der Waals surface area contributed by atoms with Crippen molar-refractivity contribution in [2.75, 3.05) is 0 Å². The Morgan fingerprint density at radius 2 is 2.05 bits per heavy atom. The molecule has 0 bridgehead atoms. The zero-order chi connectivity index (χ0) is 13.4. The van der Waals surface area contributed by atoms with Gasteiger partial charge in [-0.3, -0.25) is 19.7 Å². The molecule has 94 valence electrons. The van der Waals surface area contributed by atoms with Gasteiger partial charge >= 0.3 is 0 Å². The summed E-state index contributed by atoms with van der Waals surface area (Å²) in [5, 5.41) is 2.77. The molecule has 3 aromatic rings. The number of H-pyrrole nitrogens is 1. The van der Waals surface area contributed by atoms with Crippen LogP contribution in [0.1, 0.15) is 10.4 Å². The van der Waals surface area contributed by atoms with Gasteiger partial charge in [-0.15, -0.1) is 0 Å². The molecule has 8 nitrogen and oxygen atoms in total. The number of hydrogen-bond donors (Lipinski definition) is 2. The molecule has 0 unspecified atom stereocenters. The Balaban J connectivity index is 2.25. The second-order valence-corrected chi connectivity index (χ2v) is 3.78. The molecule has 0 aliphatic heterocycles. The lowest BCUT2D eigenvalue weighted by Gasteiger charge is -1.94. The number of nitrogens with zero attached hydrogens (tertiary/aromatic N) is 4. The monoisotopic (exact) mass is 256 g/mol. The van der Waals surface area contributed by atoms with E-state index in [2.05, 4.69) is 20.1 Å². The maximum absolute atomic E-state index is 12.0. The molecule has 0 aliphatic carbocycles. The first-order valence-electron chi connectivity index (χ1n) is 5.35. The molecule has 0 spiro atoms. The van der Waals surface area contributed by atoms with Crippen molar-refractivity contribution >= 4 is 11.7 Å². The summed E-state index contributed by atoms with van der Waals surface area (Å²) in [6.07, 6.45) is 4.33. The first-order chi connectivity index (χ1) is 9.16. The van der Waals surface area contributed by atoms with E-state index in [4.69, 9.17) is 5.73 Å². The highest BCUT2D eigenvalue weighted by Gasteiger charge is 2.13. The molecule has 0 radical (unpaired) electrons. The quantitative estimate of drug-likeness (QED) is 0.645. The first kappa shape index (κ1) is 11.1. The summed E-state index contributed by atoms with van der Waals surface area (Å²) in [5.74, 6) is -0.206. The van der Waals surface area contributed by atoms with E-state index in [1.807, 2.05) is 0 Å². The van der Waals surface area contributed by atoms with Crippen molar-refractivity contribution in [3.8, 4) is 11.4 Å². The molecule has 3 N–H and O–H groups in total. The molecule has 0 saturated carbocycles. The predicted octanol–water partition coefficient (Wildman–Crippen LogP) is -0.422. The van der Waals surface area contributed by atoms with Gasteiger partial charge in [-0.05, 0) is 12.1 Å². The van der Waals surface area contributed by atoms with Crippen LogP contribution in [0, 0.1) is 0 Å². The van der Waals surface area contributed by atoms with Crippen LogP contribution in [0.25, 0.3) is 17.2 Å². The summed E-state index contributed by atoms with van der Waals surface area (Å²) >= 11 is 0. The highest BCUT2D eigenvalue weighted by Crippen LogP contribution is 2.12. The van der Waals surface area contributed by atoms with Gasteiger partial charge in [0.25, 0.3) is 17.2 Å². The fourth-order valence-corrected chi connectivity index (χ4v) is 1.66. The standard InChI is InChI=1S/C11H8N6O2/c12-8(18)7-5-14-11-15-9(16-17(11)10(7)19)6-1-3-13-4-2-6/h1-5H,(H2,12,18)(H,14,15,16). The third-order valence-corrected chi connectivity index (χ3v) is 2.59. The Labute approximate surface area is 105 Å². The fourth-order valence-electron chi connectivity index (χ4n) is 1.66. The average molecular weight is 256 g/mol. The van der Waals surface area contributed by atoms with Gasteiger partial charge in [0.2, 0.25) is 0 Å². The van der Waals surface area contributed by atoms with E-state index in [0.29, 0.717) is 5.82 Å². The van der Waals surface area contributed by atoms with E-state index in [9.17, 15) is 9.59 Å². The molecule has 8 heteroatoms. The van der Waals surface area contributed by atoms with Gasteiger partial charge < -0.3 is 5.73 Å². The van der Waals surface area contributed by atoms with Crippen molar-refractivity contribution in [3.63, 3.8) is 0 Å². The van der Waals surface area contributed by atoms with Crippen molar-refractivity contribution in [1.82, 2.24) is 24.6 Å². The summed E-state index contributed by atoms with van der Waals surface area (Å²) in [6.45, 7) is 0. The van der Waals surface area contributed by atoms with E-state index < -0.39 is 11.5 Å². The van der Waals surface area contributed by atoms with Crippen LogP contribution < -0.4 is 11.3 Å². The Kier molecular flexibility index (Phi) is 2.34. The predicted molar refractivity (Wildman–Crippen MR) is 65.4 cm³/mol. The van der Waals surface area contributed by atoms with Crippen molar-refractivity contribution in [2.45, 2.75) is 0 Å². The number of rotatable bonds is 2. The number of aromatic nitrogens is 5. The smallest absolute Gasteiger partial charge is 0.286 e. The Bertz CT molecular complexity index is 820. The number of carbonyl (C=O) groups excluding carboxylic acids is 1. The zero-order valence-electron chi connectivity index (χ0n) is 9.57. The van der Waals surface area contributed by atoms with Crippen molar-refractivity contribution in [3.05, 3.63) is 46.6 Å². The van der Waals surface area contributed by atoms with Crippen LogP contribution in [-0.2, 0) is 0 Å². The lowest BCUT2D eigenvalue weighted by molar-refractivity contribution is 0.0998. The Morgan fingerprint density at radius 3 is 2.74 bits per heavy atom. The number of pyridine rings is 1. The number of carbonyl (C=O) groups is 1. The van der Waals surface area contributed by atoms with E-state index >= 15 is 0 Å². The number of hydrogen-bond acceptors (Lipinski definition) is 5. The first-order valence-corrected chi connectivity index (χ1v) is 5.35. The lowest BCUT2D eigenvalue weighted by Crippen LogP contribution is -2.27. The zero-order valence-corrected chi connectivity index (χ0v) is 9.57. The molecule has 1 amide bonds. The molecule has 0 fully saturated rings. The summed E-state index contributed by atoms with van der Waals surface area (Å²) in [4.78, 5) is 35.0. The SMILES string of the molecule is NC(=O)c1cnc2nc(-c3ccncc3)[nH]n2c1=O. The van der Waals surface area contributed by atoms with Gasteiger partial charge in [-0.2, -0.15) is 9.50 Å². The molecule has 3 rings (SSSR count). The Morgan fingerprint density at radius 1 is 1.32 bits per heavy atom. The minimum atomic E-state index is -0.827. The van der Waals surface area contributed by atoms with Gasteiger partial charge in [0.1, 0.15) is 5.56 Å². The largest absolute Gasteiger partial charge is 0.365 e. The van der Waals surface area contributed by atoms with Gasteiger partial charge in [-0.25, -0.2) is 4.98 Å². The van der Waals surface area contributed by atoms with E-state index in [-0.39, 0.29) is 11.3 Å². The number of nitrogens with two attached hydrogens (primary N) is 1. The van der Waals surface area contributed by atoms with Crippen LogP contribution in [0.3, 0.4) is 0 Å². The van der Waals surface area contributed by atoms with Crippen molar-refractivity contribution < 1.29 is 4.79 Å². The molecular weight excluding hydrogens is 248 g/mol. The number of nitrogens with one attached hydrogen (secondary N) is 1. The van der Waals surface area contributed by atoms with Crippen LogP contribution >= 0.6 is 0 Å². The fraction of sp³-hybridized carbons (Fsp3) is 0. The minimum absolute atomic E-state index is 0.168. The molecule has 0 aliphatic rings. The molecule has 0 atom stereocenters. The normalized spacial score (nSPS) is 10.7. The van der Waals surface area contributed by atoms with E-state index in [1.165, 1.54) is 0 Å². The number of amides is 1.